The number of anilines is 1. The SMILES string of the molecule is Cc1cc(-c2cc(F)cc(Cl)c2N)c(Cl)cc1F. The number of hydrogen-bond acceptors (Lipinski definition) is 1. The molecule has 0 fully saturated rings. The molecule has 0 saturated carbocycles. The van der Waals surface area contributed by atoms with Crippen molar-refractivity contribution in [3.8, 4) is 11.1 Å². The first kappa shape index (κ1) is 13.1. The van der Waals surface area contributed by atoms with Gasteiger partial charge in [0.05, 0.1) is 15.7 Å². The van der Waals surface area contributed by atoms with Gasteiger partial charge in [-0.05, 0) is 36.8 Å². The first-order valence-corrected chi connectivity index (χ1v) is 5.86. The number of halogens is 4. The molecule has 0 saturated heterocycles. The van der Waals surface area contributed by atoms with E-state index in [1.165, 1.54) is 18.2 Å². The summed E-state index contributed by atoms with van der Waals surface area (Å²) in [6.45, 7) is 1.59. The maximum Gasteiger partial charge on any atom is 0.127 e. The zero-order valence-electron chi connectivity index (χ0n) is 9.40. The molecule has 0 atom stereocenters. The van der Waals surface area contributed by atoms with Crippen LogP contribution in [0, 0.1) is 18.6 Å². The van der Waals surface area contributed by atoms with Crippen molar-refractivity contribution < 1.29 is 8.78 Å². The van der Waals surface area contributed by atoms with Crippen LogP contribution in [0.4, 0.5) is 14.5 Å². The zero-order chi connectivity index (χ0) is 13.4. The Hall–Kier alpha value is -1.32. The molecule has 0 heterocycles. The second-order valence-electron chi connectivity index (χ2n) is 3.93. The summed E-state index contributed by atoms with van der Waals surface area (Å²) in [5.74, 6) is -0.952. The highest BCUT2D eigenvalue weighted by molar-refractivity contribution is 6.35. The van der Waals surface area contributed by atoms with Gasteiger partial charge in [-0.2, -0.15) is 0 Å². The van der Waals surface area contributed by atoms with E-state index in [2.05, 4.69) is 0 Å². The third-order valence-corrected chi connectivity index (χ3v) is 3.26. The fourth-order valence-electron chi connectivity index (χ4n) is 1.67. The van der Waals surface area contributed by atoms with Crippen molar-refractivity contribution in [2.45, 2.75) is 6.92 Å². The van der Waals surface area contributed by atoms with Gasteiger partial charge in [-0.1, -0.05) is 23.2 Å². The van der Waals surface area contributed by atoms with Crippen LogP contribution < -0.4 is 5.73 Å². The van der Waals surface area contributed by atoms with Crippen LogP contribution in [0.2, 0.25) is 10.0 Å². The Kier molecular flexibility index (Phi) is 3.46. The minimum atomic E-state index is -0.526. The minimum absolute atomic E-state index is 0.100. The Balaban J connectivity index is 2.73. The number of nitrogen functional groups attached to an aromatic ring is 1. The molecular formula is C13H9Cl2F2N. The Bertz CT molecular complexity index is 627. The Morgan fingerprint density at radius 3 is 2.28 bits per heavy atom. The van der Waals surface area contributed by atoms with Crippen molar-refractivity contribution in [3.63, 3.8) is 0 Å². The maximum atomic E-state index is 13.3. The normalized spacial score (nSPS) is 10.7. The molecule has 1 nitrogen and oxygen atoms in total. The molecule has 0 unspecified atom stereocenters. The summed E-state index contributed by atoms with van der Waals surface area (Å²) < 4.78 is 26.7. The minimum Gasteiger partial charge on any atom is -0.397 e. The topological polar surface area (TPSA) is 26.0 Å². The lowest BCUT2D eigenvalue weighted by Gasteiger charge is -2.11. The molecule has 2 rings (SSSR count). The quantitative estimate of drug-likeness (QED) is 0.747. The number of rotatable bonds is 1. The zero-order valence-corrected chi connectivity index (χ0v) is 10.9. The molecule has 2 aromatic carbocycles. The maximum absolute atomic E-state index is 13.3. The lowest BCUT2D eigenvalue weighted by molar-refractivity contribution is 0.619. The van der Waals surface area contributed by atoms with Crippen molar-refractivity contribution in [1.82, 2.24) is 0 Å². The van der Waals surface area contributed by atoms with Crippen molar-refractivity contribution in [2.75, 3.05) is 5.73 Å². The monoisotopic (exact) mass is 287 g/mol. The van der Waals surface area contributed by atoms with Gasteiger partial charge in [-0.15, -0.1) is 0 Å². The molecule has 18 heavy (non-hydrogen) atoms. The van der Waals surface area contributed by atoms with Gasteiger partial charge in [-0.25, -0.2) is 8.78 Å². The summed E-state index contributed by atoms with van der Waals surface area (Å²) in [4.78, 5) is 0. The predicted octanol–water partition coefficient (Wildman–Crippen LogP) is 4.83. The van der Waals surface area contributed by atoms with Crippen molar-refractivity contribution >= 4 is 28.9 Å². The summed E-state index contributed by atoms with van der Waals surface area (Å²) in [6, 6.07) is 5.02. The van der Waals surface area contributed by atoms with E-state index in [1.54, 1.807) is 6.92 Å². The predicted molar refractivity (Wildman–Crippen MR) is 71.0 cm³/mol. The lowest BCUT2D eigenvalue weighted by Crippen LogP contribution is -1.95. The van der Waals surface area contributed by atoms with Gasteiger partial charge < -0.3 is 5.73 Å². The fourth-order valence-corrected chi connectivity index (χ4v) is 2.13. The van der Waals surface area contributed by atoms with E-state index >= 15 is 0 Å². The van der Waals surface area contributed by atoms with E-state index in [4.69, 9.17) is 28.9 Å². The van der Waals surface area contributed by atoms with Gasteiger partial charge >= 0.3 is 0 Å². The third-order valence-electron chi connectivity index (χ3n) is 2.63. The number of nitrogens with two attached hydrogens (primary N) is 1. The molecule has 0 bridgehead atoms. The van der Waals surface area contributed by atoms with Gasteiger partial charge in [0.1, 0.15) is 11.6 Å². The molecule has 94 valence electrons. The first-order chi connectivity index (χ1) is 8.40. The van der Waals surface area contributed by atoms with E-state index in [0.29, 0.717) is 16.7 Å². The molecule has 5 heteroatoms. The Morgan fingerprint density at radius 2 is 1.61 bits per heavy atom. The van der Waals surface area contributed by atoms with Crippen LogP contribution in [-0.2, 0) is 0 Å². The standard InChI is InChI=1S/C13H9Cl2F2N/c1-6-2-8(10(14)5-12(6)17)9-3-7(16)4-11(15)13(9)18/h2-5H,18H2,1H3. The van der Waals surface area contributed by atoms with Gasteiger partial charge in [0.25, 0.3) is 0 Å². The van der Waals surface area contributed by atoms with Crippen LogP contribution in [0.25, 0.3) is 11.1 Å². The molecule has 0 aliphatic carbocycles. The van der Waals surface area contributed by atoms with Gasteiger partial charge in [0.2, 0.25) is 0 Å². The highest BCUT2D eigenvalue weighted by atomic mass is 35.5. The van der Waals surface area contributed by atoms with E-state index in [-0.39, 0.29) is 15.7 Å². The average molecular weight is 288 g/mol. The van der Waals surface area contributed by atoms with Crippen LogP contribution in [0.1, 0.15) is 5.56 Å². The van der Waals surface area contributed by atoms with Crippen molar-refractivity contribution in [2.24, 2.45) is 0 Å². The Morgan fingerprint density at radius 1 is 0.944 bits per heavy atom. The second-order valence-corrected chi connectivity index (χ2v) is 4.74. The van der Waals surface area contributed by atoms with E-state index in [9.17, 15) is 8.78 Å². The van der Waals surface area contributed by atoms with Crippen LogP contribution in [0.15, 0.2) is 24.3 Å². The Labute approximate surface area is 113 Å². The summed E-state index contributed by atoms with van der Waals surface area (Å²) in [6.07, 6.45) is 0. The molecule has 0 aromatic heterocycles. The summed E-state index contributed by atoms with van der Waals surface area (Å²) >= 11 is 11.8. The number of hydrogen-bond donors (Lipinski definition) is 1. The smallest absolute Gasteiger partial charge is 0.127 e. The molecule has 2 aromatic rings. The average Bonchev–Trinajstić information content (AvgIpc) is 2.29. The molecule has 2 N–H and O–H groups in total. The fraction of sp³-hybridized carbons (Fsp3) is 0.0769. The van der Waals surface area contributed by atoms with Gasteiger partial charge in [0, 0.05) is 11.1 Å². The highest BCUT2D eigenvalue weighted by Crippen LogP contribution is 2.37. The molecule has 0 aliphatic rings. The van der Waals surface area contributed by atoms with Crippen LogP contribution in [0.3, 0.4) is 0 Å². The van der Waals surface area contributed by atoms with Gasteiger partial charge in [0.15, 0.2) is 0 Å². The highest BCUT2D eigenvalue weighted by Gasteiger charge is 2.13. The summed E-state index contributed by atoms with van der Waals surface area (Å²) in [5, 5.41) is 0.259. The molecular weight excluding hydrogens is 279 g/mol. The van der Waals surface area contributed by atoms with E-state index in [0.717, 1.165) is 6.07 Å². The molecule has 0 radical (unpaired) electrons. The molecule has 0 spiro atoms. The second kappa shape index (κ2) is 4.75. The molecule has 0 aliphatic heterocycles. The van der Waals surface area contributed by atoms with Crippen LogP contribution >= 0.6 is 23.2 Å². The first-order valence-electron chi connectivity index (χ1n) is 5.10. The van der Waals surface area contributed by atoms with Crippen molar-refractivity contribution in [3.05, 3.63) is 51.5 Å². The van der Waals surface area contributed by atoms with E-state index in [1.807, 2.05) is 0 Å². The number of benzene rings is 2. The van der Waals surface area contributed by atoms with E-state index < -0.39 is 11.6 Å². The third kappa shape index (κ3) is 2.28. The lowest BCUT2D eigenvalue weighted by atomic mass is 10.0. The summed E-state index contributed by atoms with van der Waals surface area (Å²) in [7, 11) is 0. The summed E-state index contributed by atoms with van der Waals surface area (Å²) in [5.41, 5.74) is 7.21. The molecule has 0 amide bonds. The van der Waals surface area contributed by atoms with Crippen LogP contribution in [0.5, 0.6) is 0 Å². The number of aryl methyl sites for hydroxylation is 1. The largest absolute Gasteiger partial charge is 0.397 e. The van der Waals surface area contributed by atoms with Crippen molar-refractivity contribution in [1.29, 1.82) is 0 Å². The van der Waals surface area contributed by atoms with Crippen LogP contribution in [-0.4, -0.2) is 0 Å². The van der Waals surface area contributed by atoms with Gasteiger partial charge in [-0.3, -0.25) is 0 Å².